The number of methoxy groups -OCH3 is 1. The number of amides is 1. The Kier molecular flexibility index (Phi) is 3.75. The SMILES string of the molecule is COC(=O)c1c(NC(=O)c2cc(N)n[nH]2)sc(C)c1C. The molecule has 2 aromatic heterocycles. The molecule has 0 aliphatic carbocycles. The molecule has 2 heterocycles. The van der Waals surface area contributed by atoms with Crippen molar-refractivity contribution in [2.75, 3.05) is 18.2 Å². The monoisotopic (exact) mass is 294 g/mol. The Hall–Kier alpha value is -2.35. The van der Waals surface area contributed by atoms with Crippen LogP contribution in [0.5, 0.6) is 0 Å². The van der Waals surface area contributed by atoms with Crippen LogP contribution in [0.2, 0.25) is 0 Å². The van der Waals surface area contributed by atoms with Crippen molar-refractivity contribution >= 4 is 34.0 Å². The van der Waals surface area contributed by atoms with Crippen molar-refractivity contribution < 1.29 is 14.3 Å². The normalized spacial score (nSPS) is 10.3. The molecule has 0 aromatic carbocycles. The molecule has 0 radical (unpaired) electrons. The molecule has 20 heavy (non-hydrogen) atoms. The van der Waals surface area contributed by atoms with Crippen molar-refractivity contribution in [3.63, 3.8) is 0 Å². The van der Waals surface area contributed by atoms with E-state index in [9.17, 15) is 9.59 Å². The summed E-state index contributed by atoms with van der Waals surface area (Å²) in [5.41, 5.74) is 6.83. The highest BCUT2D eigenvalue weighted by atomic mass is 32.1. The number of nitrogens with two attached hydrogens (primary N) is 1. The number of thiophene rings is 1. The van der Waals surface area contributed by atoms with E-state index in [2.05, 4.69) is 15.5 Å². The number of hydrogen-bond donors (Lipinski definition) is 3. The minimum atomic E-state index is -0.480. The molecule has 4 N–H and O–H groups in total. The lowest BCUT2D eigenvalue weighted by atomic mass is 10.1. The average Bonchev–Trinajstić information content (AvgIpc) is 2.94. The predicted molar refractivity (Wildman–Crippen MR) is 76.1 cm³/mol. The van der Waals surface area contributed by atoms with Gasteiger partial charge in [-0.25, -0.2) is 4.79 Å². The summed E-state index contributed by atoms with van der Waals surface area (Å²) in [5, 5.41) is 9.31. The number of anilines is 2. The molecule has 2 aromatic rings. The van der Waals surface area contributed by atoms with E-state index in [1.54, 1.807) is 0 Å². The van der Waals surface area contributed by atoms with Gasteiger partial charge in [-0.05, 0) is 19.4 Å². The summed E-state index contributed by atoms with van der Waals surface area (Å²) < 4.78 is 4.74. The van der Waals surface area contributed by atoms with Gasteiger partial charge >= 0.3 is 5.97 Å². The fourth-order valence-electron chi connectivity index (χ4n) is 1.69. The van der Waals surface area contributed by atoms with Crippen LogP contribution in [-0.2, 0) is 4.74 Å². The van der Waals surface area contributed by atoms with Gasteiger partial charge in [0.2, 0.25) is 0 Å². The van der Waals surface area contributed by atoms with Gasteiger partial charge in [0.15, 0.2) is 0 Å². The van der Waals surface area contributed by atoms with Crippen LogP contribution < -0.4 is 11.1 Å². The predicted octanol–water partition coefficient (Wildman–Crippen LogP) is 1.71. The fourth-order valence-corrected chi connectivity index (χ4v) is 2.73. The van der Waals surface area contributed by atoms with E-state index in [0.717, 1.165) is 10.4 Å². The summed E-state index contributed by atoms with van der Waals surface area (Å²) in [5.74, 6) is -0.672. The highest BCUT2D eigenvalue weighted by Crippen LogP contribution is 2.33. The molecule has 0 saturated carbocycles. The number of aromatic amines is 1. The molecular weight excluding hydrogens is 280 g/mol. The summed E-state index contributed by atoms with van der Waals surface area (Å²) in [6, 6.07) is 1.42. The van der Waals surface area contributed by atoms with Crippen LogP contribution in [0.4, 0.5) is 10.8 Å². The first-order chi connectivity index (χ1) is 9.43. The third kappa shape index (κ3) is 2.50. The lowest BCUT2D eigenvalue weighted by Gasteiger charge is -2.04. The summed E-state index contributed by atoms with van der Waals surface area (Å²) in [6.45, 7) is 3.68. The van der Waals surface area contributed by atoms with Gasteiger partial charge in [-0.3, -0.25) is 9.89 Å². The van der Waals surface area contributed by atoms with Crippen LogP contribution in [0.15, 0.2) is 6.07 Å². The molecule has 0 aliphatic heterocycles. The van der Waals surface area contributed by atoms with Gasteiger partial charge in [0.1, 0.15) is 16.5 Å². The highest BCUT2D eigenvalue weighted by molar-refractivity contribution is 7.16. The standard InChI is InChI=1S/C12H14N4O3S/c1-5-6(2)20-11(9(5)12(18)19-3)14-10(17)7-4-8(13)16-15-7/h4H,1-3H3,(H,14,17)(H3,13,15,16). The number of hydrogen-bond acceptors (Lipinski definition) is 6. The van der Waals surface area contributed by atoms with Crippen molar-refractivity contribution in [3.05, 3.63) is 27.8 Å². The number of nitrogen functional groups attached to an aromatic ring is 1. The van der Waals surface area contributed by atoms with Gasteiger partial charge in [0, 0.05) is 10.9 Å². The Balaban J connectivity index is 2.32. The van der Waals surface area contributed by atoms with Gasteiger partial charge in [-0.2, -0.15) is 5.10 Å². The van der Waals surface area contributed by atoms with Crippen LogP contribution in [0, 0.1) is 13.8 Å². The molecule has 0 fully saturated rings. The van der Waals surface area contributed by atoms with Crippen molar-refractivity contribution in [1.82, 2.24) is 10.2 Å². The lowest BCUT2D eigenvalue weighted by molar-refractivity contribution is 0.0601. The number of carbonyl (C=O) groups excluding carboxylic acids is 2. The van der Waals surface area contributed by atoms with Gasteiger partial charge in [0.05, 0.1) is 12.7 Å². The third-order valence-corrected chi connectivity index (χ3v) is 3.97. The fraction of sp³-hybridized carbons (Fsp3) is 0.250. The topological polar surface area (TPSA) is 110 Å². The zero-order valence-electron chi connectivity index (χ0n) is 11.2. The number of aromatic nitrogens is 2. The third-order valence-electron chi connectivity index (χ3n) is 2.84. The molecule has 0 atom stereocenters. The molecule has 0 saturated heterocycles. The zero-order valence-corrected chi connectivity index (χ0v) is 12.1. The summed E-state index contributed by atoms with van der Waals surface area (Å²) in [4.78, 5) is 24.7. The summed E-state index contributed by atoms with van der Waals surface area (Å²) in [6.07, 6.45) is 0. The maximum Gasteiger partial charge on any atom is 0.341 e. The van der Waals surface area contributed by atoms with E-state index in [4.69, 9.17) is 10.5 Å². The number of H-pyrrole nitrogens is 1. The zero-order chi connectivity index (χ0) is 14.9. The molecule has 0 aliphatic rings. The molecule has 0 unspecified atom stereocenters. The quantitative estimate of drug-likeness (QED) is 0.746. The number of nitrogens with one attached hydrogen (secondary N) is 2. The van der Waals surface area contributed by atoms with Gasteiger partial charge < -0.3 is 15.8 Å². The minimum Gasteiger partial charge on any atom is -0.465 e. The number of aryl methyl sites for hydroxylation is 1. The van der Waals surface area contributed by atoms with Crippen molar-refractivity contribution in [2.24, 2.45) is 0 Å². The Bertz CT molecular complexity index is 674. The molecule has 7 nitrogen and oxygen atoms in total. The van der Waals surface area contributed by atoms with Crippen LogP contribution in [0.3, 0.4) is 0 Å². The van der Waals surface area contributed by atoms with E-state index in [-0.39, 0.29) is 11.5 Å². The maximum absolute atomic E-state index is 12.0. The first kappa shape index (κ1) is 14.1. The Labute approximate surface area is 119 Å². The molecule has 0 spiro atoms. The number of nitrogens with zero attached hydrogens (tertiary/aromatic N) is 1. The van der Waals surface area contributed by atoms with Gasteiger partial charge in [0.25, 0.3) is 5.91 Å². The Morgan fingerprint density at radius 1 is 1.45 bits per heavy atom. The smallest absolute Gasteiger partial charge is 0.341 e. The number of esters is 1. The summed E-state index contributed by atoms with van der Waals surface area (Å²) >= 11 is 1.32. The second-order valence-electron chi connectivity index (χ2n) is 4.14. The maximum atomic E-state index is 12.0. The van der Waals surface area contributed by atoms with Crippen LogP contribution in [0.25, 0.3) is 0 Å². The van der Waals surface area contributed by atoms with E-state index >= 15 is 0 Å². The van der Waals surface area contributed by atoms with Crippen LogP contribution in [-0.4, -0.2) is 29.2 Å². The Morgan fingerprint density at radius 2 is 2.15 bits per heavy atom. The molecule has 8 heteroatoms. The first-order valence-electron chi connectivity index (χ1n) is 5.74. The van der Waals surface area contributed by atoms with E-state index in [0.29, 0.717) is 10.6 Å². The van der Waals surface area contributed by atoms with Crippen molar-refractivity contribution in [1.29, 1.82) is 0 Å². The summed E-state index contributed by atoms with van der Waals surface area (Å²) in [7, 11) is 1.30. The number of rotatable bonds is 3. The second kappa shape index (κ2) is 5.33. The number of carbonyl (C=O) groups is 2. The van der Waals surface area contributed by atoms with E-state index in [1.165, 1.54) is 24.5 Å². The van der Waals surface area contributed by atoms with Crippen LogP contribution >= 0.6 is 11.3 Å². The van der Waals surface area contributed by atoms with Gasteiger partial charge in [-0.1, -0.05) is 0 Å². The molecule has 106 valence electrons. The molecule has 1 amide bonds. The van der Waals surface area contributed by atoms with E-state index < -0.39 is 11.9 Å². The van der Waals surface area contributed by atoms with Crippen molar-refractivity contribution in [3.8, 4) is 0 Å². The molecule has 2 rings (SSSR count). The number of ether oxygens (including phenoxy) is 1. The second-order valence-corrected chi connectivity index (χ2v) is 5.36. The van der Waals surface area contributed by atoms with E-state index in [1.807, 2.05) is 13.8 Å². The highest BCUT2D eigenvalue weighted by Gasteiger charge is 2.22. The largest absolute Gasteiger partial charge is 0.465 e. The van der Waals surface area contributed by atoms with Gasteiger partial charge in [-0.15, -0.1) is 11.3 Å². The Morgan fingerprint density at radius 3 is 2.70 bits per heavy atom. The lowest BCUT2D eigenvalue weighted by Crippen LogP contribution is -2.14. The van der Waals surface area contributed by atoms with Crippen LogP contribution in [0.1, 0.15) is 31.3 Å². The molecular formula is C12H14N4O3S. The van der Waals surface area contributed by atoms with Crippen molar-refractivity contribution in [2.45, 2.75) is 13.8 Å². The molecule has 0 bridgehead atoms. The minimum absolute atomic E-state index is 0.224. The first-order valence-corrected chi connectivity index (χ1v) is 6.56. The average molecular weight is 294 g/mol.